The topological polar surface area (TPSA) is 112 Å². The van der Waals surface area contributed by atoms with Gasteiger partial charge in [-0.1, -0.05) is 6.07 Å². The van der Waals surface area contributed by atoms with Gasteiger partial charge < -0.3 is 5.11 Å². The van der Waals surface area contributed by atoms with Crippen LogP contribution >= 0.6 is 11.3 Å². The van der Waals surface area contributed by atoms with Gasteiger partial charge in [-0.05, 0) is 31.7 Å². The fraction of sp³-hybridized carbons (Fsp3) is 0.333. The summed E-state index contributed by atoms with van der Waals surface area (Å²) >= 11 is 1.54. The molecule has 9 heteroatoms. The largest absolute Gasteiger partial charge is 0.476 e. The van der Waals surface area contributed by atoms with Gasteiger partial charge in [0, 0.05) is 10.9 Å². The summed E-state index contributed by atoms with van der Waals surface area (Å²) in [7, 11) is -3.95. The molecule has 0 radical (unpaired) electrons. The molecule has 0 aliphatic heterocycles. The van der Waals surface area contributed by atoms with Crippen LogP contribution in [-0.4, -0.2) is 35.7 Å². The van der Waals surface area contributed by atoms with Crippen molar-refractivity contribution in [2.75, 3.05) is 0 Å². The van der Waals surface area contributed by atoms with E-state index in [4.69, 9.17) is 5.11 Å². The van der Waals surface area contributed by atoms with Crippen LogP contribution in [0, 0.1) is 6.92 Å². The number of nitrogens with zero attached hydrogens (tertiary/aromatic N) is 1. The maximum absolute atomic E-state index is 12.3. The minimum atomic E-state index is -3.95. The Morgan fingerprint density at radius 1 is 1.57 bits per heavy atom. The van der Waals surface area contributed by atoms with Crippen molar-refractivity contribution in [1.29, 1.82) is 0 Å². The van der Waals surface area contributed by atoms with E-state index < -0.39 is 21.7 Å². The number of aryl methyl sites for hydroxylation is 1. The molecule has 3 N–H and O–H groups in total. The van der Waals surface area contributed by atoms with Crippen LogP contribution in [0.15, 0.2) is 22.4 Å². The minimum Gasteiger partial charge on any atom is -0.476 e. The quantitative estimate of drug-likeness (QED) is 0.741. The number of carboxylic acid groups (broad SMARTS) is 1. The average molecular weight is 329 g/mol. The van der Waals surface area contributed by atoms with Crippen LogP contribution in [0.25, 0.3) is 0 Å². The van der Waals surface area contributed by atoms with Gasteiger partial charge in [-0.15, -0.1) is 11.3 Å². The Hall–Kier alpha value is -1.71. The lowest BCUT2D eigenvalue weighted by molar-refractivity contribution is 0.0686. The van der Waals surface area contributed by atoms with Crippen molar-refractivity contribution in [3.05, 3.63) is 33.8 Å². The van der Waals surface area contributed by atoms with Gasteiger partial charge in [0.25, 0.3) is 0 Å². The van der Waals surface area contributed by atoms with Crippen molar-refractivity contribution < 1.29 is 18.3 Å². The Balaban J connectivity index is 2.22. The van der Waals surface area contributed by atoms with Crippen molar-refractivity contribution in [2.24, 2.45) is 0 Å². The summed E-state index contributed by atoms with van der Waals surface area (Å²) in [6.45, 7) is 3.20. The lowest BCUT2D eigenvalue weighted by Gasteiger charge is -2.13. The first kappa shape index (κ1) is 15.7. The molecular formula is C12H15N3O4S2. The molecule has 0 aliphatic rings. The monoisotopic (exact) mass is 329 g/mol. The predicted octanol–water partition coefficient (Wildman–Crippen LogP) is 1.39. The highest BCUT2D eigenvalue weighted by Crippen LogP contribution is 2.19. The number of rotatable bonds is 6. The third kappa shape index (κ3) is 3.49. The first-order valence-electron chi connectivity index (χ1n) is 6.14. The summed E-state index contributed by atoms with van der Waals surface area (Å²) in [4.78, 5) is 11.8. The molecule has 0 spiro atoms. The second-order valence-electron chi connectivity index (χ2n) is 4.64. The number of carbonyl (C=O) groups is 1. The minimum absolute atomic E-state index is 0.197. The molecule has 0 amide bonds. The fourth-order valence-corrected chi connectivity index (χ4v) is 4.39. The molecule has 0 aliphatic carbocycles. The smallest absolute Gasteiger partial charge is 0.357 e. The van der Waals surface area contributed by atoms with Crippen molar-refractivity contribution in [3.63, 3.8) is 0 Å². The van der Waals surface area contributed by atoms with Crippen LogP contribution < -0.4 is 4.72 Å². The number of aromatic carboxylic acids is 1. The standard InChI is InChI=1S/C12H15N3O4S2/c1-7(6-9-4-3-5-20-9)15-21(18,19)11-8(2)13-14-10(11)12(16)17/h3-5,7,15H,6H2,1-2H3,(H,13,14)(H,16,17). The molecule has 2 rings (SSSR count). The second-order valence-corrected chi connectivity index (χ2v) is 7.32. The van der Waals surface area contributed by atoms with Crippen molar-refractivity contribution in [2.45, 2.75) is 31.2 Å². The number of carboxylic acids is 1. The Morgan fingerprint density at radius 3 is 2.86 bits per heavy atom. The molecule has 7 nitrogen and oxygen atoms in total. The maximum Gasteiger partial charge on any atom is 0.357 e. The number of hydrogen-bond acceptors (Lipinski definition) is 5. The summed E-state index contributed by atoms with van der Waals surface area (Å²) in [6.07, 6.45) is 0.538. The number of nitrogens with one attached hydrogen (secondary N) is 2. The maximum atomic E-state index is 12.3. The van der Waals surface area contributed by atoms with Crippen LogP contribution in [0.5, 0.6) is 0 Å². The highest BCUT2D eigenvalue weighted by molar-refractivity contribution is 7.89. The molecule has 2 aromatic rings. The van der Waals surface area contributed by atoms with E-state index in [1.54, 1.807) is 6.92 Å². The van der Waals surface area contributed by atoms with E-state index in [1.807, 2.05) is 17.5 Å². The number of H-pyrrole nitrogens is 1. The van der Waals surface area contributed by atoms with Gasteiger partial charge >= 0.3 is 5.97 Å². The van der Waals surface area contributed by atoms with Crippen molar-refractivity contribution in [1.82, 2.24) is 14.9 Å². The molecule has 0 saturated heterocycles. The highest BCUT2D eigenvalue weighted by Gasteiger charge is 2.29. The van der Waals surface area contributed by atoms with Gasteiger partial charge in [0.05, 0.1) is 5.69 Å². The zero-order chi connectivity index (χ0) is 15.6. The van der Waals surface area contributed by atoms with Crippen LogP contribution in [0.2, 0.25) is 0 Å². The van der Waals surface area contributed by atoms with Crippen LogP contribution in [0.4, 0.5) is 0 Å². The zero-order valence-corrected chi connectivity index (χ0v) is 13.1. The Kier molecular flexibility index (Phi) is 4.45. The molecule has 0 aromatic carbocycles. The van der Waals surface area contributed by atoms with Crippen LogP contribution in [0.1, 0.15) is 28.0 Å². The first-order chi connectivity index (χ1) is 9.81. The van der Waals surface area contributed by atoms with Crippen LogP contribution in [0.3, 0.4) is 0 Å². The third-order valence-corrected chi connectivity index (χ3v) is 5.45. The lowest BCUT2D eigenvalue weighted by atomic mass is 10.2. The van der Waals surface area contributed by atoms with Gasteiger partial charge in [-0.3, -0.25) is 5.10 Å². The Morgan fingerprint density at radius 2 is 2.29 bits per heavy atom. The first-order valence-corrected chi connectivity index (χ1v) is 8.50. The summed E-state index contributed by atoms with van der Waals surface area (Å²) in [6, 6.07) is 3.45. The van der Waals surface area contributed by atoms with Gasteiger partial charge in [-0.2, -0.15) is 5.10 Å². The molecule has 21 heavy (non-hydrogen) atoms. The Labute approximate surface area is 126 Å². The molecule has 0 fully saturated rings. The summed E-state index contributed by atoms with van der Waals surface area (Å²) < 4.78 is 27.2. The third-order valence-electron chi connectivity index (χ3n) is 2.81. The average Bonchev–Trinajstić information content (AvgIpc) is 2.97. The fourth-order valence-electron chi connectivity index (χ4n) is 1.99. The normalized spacial score (nSPS) is 13.2. The lowest BCUT2D eigenvalue weighted by Crippen LogP contribution is -2.34. The molecule has 114 valence electrons. The molecule has 1 atom stereocenters. The SMILES string of the molecule is Cc1[nH]nc(C(=O)O)c1S(=O)(=O)NC(C)Cc1cccs1. The summed E-state index contributed by atoms with van der Waals surface area (Å²) in [5, 5.41) is 16.8. The number of sulfonamides is 1. The van der Waals surface area contributed by atoms with Crippen molar-refractivity contribution in [3.8, 4) is 0 Å². The predicted molar refractivity (Wildman–Crippen MR) is 78.1 cm³/mol. The van der Waals surface area contributed by atoms with E-state index in [0.29, 0.717) is 6.42 Å². The van der Waals surface area contributed by atoms with Crippen LogP contribution in [-0.2, 0) is 16.4 Å². The van der Waals surface area contributed by atoms with E-state index in [-0.39, 0.29) is 16.6 Å². The van der Waals surface area contributed by atoms with Gasteiger partial charge in [-0.25, -0.2) is 17.9 Å². The number of hydrogen-bond donors (Lipinski definition) is 3. The van der Waals surface area contributed by atoms with E-state index >= 15 is 0 Å². The van der Waals surface area contributed by atoms with Crippen molar-refractivity contribution >= 4 is 27.3 Å². The highest BCUT2D eigenvalue weighted by atomic mass is 32.2. The molecule has 2 aromatic heterocycles. The number of thiophene rings is 1. The summed E-state index contributed by atoms with van der Waals surface area (Å²) in [5.41, 5.74) is -0.299. The molecule has 0 saturated carbocycles. The van der Waals surface area contributed by atoms with Gasteiger partial charge in [0.1, 0.15) is 4.90 Å². The zero-order valence-electron chi connectivity index (χ0n) is 11.5. The van der Waals surface area contributed by atoms with E-state index in [0.717, 1.165) is 4.88 Å². The molecule has 1 unspecified atom stereocenters. The molecule has 0 bridgehead atoms. The van der Waals surface area contributed by atoms with Gasteiger partial charge in [0.15, 0.2) is 5.69 Å². The van der Waals surface area contributed by atoms with E-state index in [2.05, 4.69) is 14.9 Å². The molecular weight excluding hydrogens is 314 g/mol. The number of aromatic amines is 1. The Bertz CT molecular complexity index is 735. The second kappa shape index (κ2) is 5.96. The van der Waals surface area contributed by atoms with E-state index in [9.17, 15) is 13.2 Å². The summed E-state index contributed by atoms with van der Waals surface area (Å²) in [5.74, 6) is -1.38. The van der Waals surface area contributed by atoms with E-state index in [1.165, 1.54) is 18.3 Å². The number of aromatic nitrogens is 2. The van der Waals surface area contributed by atoms with Gasteiger partial charge in [0.2, 0.25) is 10.0 Å². The molecule has 2 heterocycles.